The molecular weight excluding hydrogens is 234 g/mol. The van der Waals surface area contributed by atoms with Crippen LogP contribution in [0, 0.1) is 0 Å². The lowest BCUT2D eigenvalue weighted by Gasteiger charge is -2.11. The van der Waals surface area contributed by atoms with Crippen molar-refractivity contribution in [3.05, 3.63) is 35.4 Å². The first-order valence-electron chi connectivity index (χ1n) is 5.78. The molecule has 1 aromatic rings. The summed E-state index contributed by atoms with van der Waals surface area (Å²) in [6, 6.07) is 8.21. The molecule has 0 radical (unpaired) electrons. The summed E-state index contributed by atoms with van der Waals surface area (Å²) >= 11 is 2.00. The molecule has 1 N–H and O–H groups in total. The van der Waals surface area contributed by atoms with Gasteiger partial charge < -0.3 is 10.1 Å². The van der Waals surface area contributed by atoms with E-state index in [2.05, 4.69) is 10.1 Å². The van der Waals surface area contributed by atoms with Crippen molar-refractivity contribution in [1.29, 1.82) is 0 Å². The summed E-state index contributed by atoms with van der Waals surface area (Å²) in [5.41, 5.74) is 1.81. The van der Waals surface area contributed by atoms with E-state index < -0.39 is 0 Å². The van der Waals surface area contributed by atoms with Crippen molar-refractivity contribution < 1.29 is 9.53 Å². The van der Waals surface area contributed by atoms with Crippen molar-refractivity contribution in [2.24, 2.45) is 0 Å². The van der Waals surface area contributed by atoms with Crippen molar-refractivity contribution >= 4 is 17.7 Å². The number of thioether (sulfide) groups is 1. The molecule has 0 saturated carbocycles. The molecule has 0 spiro atoms. The van der Waals surface area contributed by atoms with E-state index in [0.29, 0.717) is 11.6 Å². The van der Waals surface area contributed by atoms with Crippen LogP contribution in [0.5, 0.6) is 0 Å². The van der Waals surface area contributed by atoms with Gasteiger partial charge in [-0.25, -0.2) is 4.79 Å². The van der Waals surface area contributed by atoms with Crippen LogP contribution in [0.4, 0.5) is 0 Å². The van der Waals surface area contributed by atoms with Gasteiger partial charge in [0, 0.05) is 18.3 Å². The van der Waals surface area contributed by atoms with E-state index in [1.807, 2.05) is 36.0 Å². The minimum atomic E-state index is -0.281. The van der Waals surface area contributed by atoms with Gasteiger partial charge in [-0.2, -0.15) is 11.8 Å². The Morgan fingerprint density at radius 3 is 2.82 bits per heavy atom. The lowest BCUT2D eigenvalue weighted by Crippen LogP contribution is -2.27. The Labute approximate surface area is 106 Å². The smallest absolute Gasteiger partial charge is 0.337 e. The van der Waals surface area contributed by atoms with Crippen LogP contribution in [-0.4, -0.2) is 30.6 Å². The van der Waals surface area contributed by atoms with Crippen molar-refractivity contribution in [2.45, 2.75) is 19.0 Å². The summed E-state index contributed by atoms with van der Waals surface area (Å²) in [6.07, 6.45) is 1.25. The maximum absolute atomic E-state index is 11.3. The first-order valence-corrected chi connectivity index (χ1v) is 6.93. The molecule has 1 aliphatic rings. The number of benzene rings is 1. The average Bonchev–Trinajstić information content (AvgIpc) is 2.89. The molecule has 92 valence electrons. The highest BCUT2D eigenvalue weighted by Gasteiger charge is 2.14. The van der Waals surface area contributed by atoms with Crippen LogP contribution in [0.2, 0.25) is 0 Å². The van der Waals surface area contributed by atoms with Gasteiger partial charge in [0.05, 0.1) is 12.7 Å². The summed E-state index contributed by atoms with van der Waals surface area (Å²) in [5, 5.41) is 3.52. The maximum atomic E-state index is 11.3. The summed E-state index contributed by atoms with van der Waals surface area (Å²) in [5.74, 6) is 2.19. The lowest BCUT2D eigenvalue weighted by molar-refractivity contribution is 0.0600. The van der Waals surface area contributed by atoms with Crippen LogP contribution in [0.25, 0.3) is 0 Å². The SMILES string of the molecule is COC(=O)c1ccc(CNC2CCSC2)cc1. The van der Waals surface area contributed by atoms with Crippen LogP contribution in [0.1, 0.15) is 22.3 Å². The van der Waals surface area contributed by atoms with Crippen molar-refractivity contribution in [1.82, 2.24) is 5.32 Å². The average molecular weight is 251 g/mol. The Balaban J connectivity index is 1.87. The number of carbonyl (C=O) groups is 1. The molecule has 1 saturated heterocycles. The van der Waals surface area contributed by atoms with E-state index in [9.17, 15) is 4.79 Å². The molecule has 2 rings (SSSR count). The molecule has 1 aromatic carbocycles. The second-order valence-corrected chi connectivity index (χ2v) is 5.28. The molecule has 3 nitrogen and oxygen atoms in total. The van der Waals surface area contributed by atoms with Gasteiger partial charge in [0.15, 0.2) is 0 Å². The number of esters is 1. The molecular formula is C13H17NO2S. The molecule has 17 heavy (non-hydrogen) atoms. The highest BCUT2D eigenvalue weighted by atomic mass is 32.2. The van der Waals surface area contributed by atoms with Gasteiger partial charge in [-0.15, -0.1) is 0 Å². The standard InChI is InChI=1S/C13H17NO2S/c1-16-13(15)11-4-2-10(3-5-11)8-14-12-6-7-17-9-12/h2-5,12,14H,6-9H2,1H3. The molecule has 0 aliphatic carbocycles. The molecule has 0 bridgehead atoms. The monoisotopic (exact) mass is 251 g/mol. The third-order valence-electron chi connectivity index (χ3n) is 2.90. The quantitative estimate of drug-likeness (QED) is 0.831. The molecule has 0 amide bonds. The minimum Gasteiger partial charge on any atom is -0.465 e. The van der Waals surface area contributed by atoms with E-state index in [-0.39, 0.29) is 5.97 Å². The fraction of sp³-hybridized carbons (Fsp3) is 0.462. The highest BCUT2D eigenvalue weighted by Crippen LogP contribution is 2.17. The fourth-order valence-corrected chi connectivity index (χ4v) is 3.02. The molecule has 1 heterocycles. The van der Waals surface area contributed by atoms with Crippen molar-refractivity contribution in [3.8, 4) is 0 Å². The van der Waals surface area contributed by atoms with Gasteiger partial charge >= 0.3 is 5.97 Å². The summed E-state index contributed by atoms with van der Waals surface area (Å²) in [7, 11) is 1.40. The number of hydrogen-bond donors (Lipinski definition) is 1. The van der Waals surface area contributed by atoms with Gasteiger partial charge in [-0.1, -0.05) is 12.1 Å². The molecule has 1 atom stereocenters. The third-order valence-corrected chi connectivity index (χ3v) is 4.06. The fourth-order valence-electron chi connectivity index (χ4n) is 1.83. The molecule has 0 aromatic heterocycles. The molecule has 1 unspecified atom stereocenters. The summed E-state index contributed by atoms with van der Waals surface area (Å²) in [4.78, 5) is 11.3. The lowest BCUT2D eigenvalue weighted by atomic mass is 10.1. The zero-order chi connectivity index (χ0) is 12.1. The predicted molar refractivity (Wildman–Crippen MR) is 70.4 cm³/mol. The Bertz CT molecular complexity index is 372. The number of carbonyl (C=O) groups excluding carboxylic acids is 1. The van der Waals surface area contributed by atoms with Gasteiger partial charge in [0.2, 0.25) is 0 Å². The van der Waals surface area contributed by atoms with E-state index >= 15 is 0 Å². The zero-order valence-electron chi connectivity index (χ0n) is 9.94. The Kier molecular flexibility index (Phi) is 4.45. The van der Waals surface area contributed by atoms with E-state index in [1.54, 1.807) is 0 Å². The zero-order valence-corrected chi connectivity index (χ0v) is 10.8. The second-order valence-electron chi connectivity index (χ2n) is 4.13. The normalized spacial score (nSPS) is 19.2. The van der Waals surface area contributed by atoms with Crippen molar-refractivity contribution in [2.75, 3.05) is 18.6 Å². The second kappa shape index (κ2) is 6.07. The van der Waals surface area contributed by atoms with Gasteiger partial charge in [-0.05, 0) is 29.9 Å². The molecule has 1 aliphatic heterocycles. The van der Waals surface area contributed by atoms with Crippen LogP contribution in [-0.2, 0) is 11.3 Å². The highest BCUT2D eigenvalue weighted by molar-refractivity contribution is 7.99. The van der Waals surface area contributed by atoms with Gasteiger partial charge in [-0.3, -0.25) is 0 Å². The topological polar surface area (TPSA) is 38.3 Å². The largest absolute Gasteiger partial charge is 0.465 e. The predicted octanol–water partition coefficient (Wildman–Crippen LogP) is 2.07. The summed E-state index contributed by atoms with van der Waals surface area (Å²) in [6.45, 7) is 0.868. The Hall–Kier alpha value is -1.00. The van der Waals surface area contributed by atoms with Crippen molar-refractivity contribution in [3.63, 3.8) is 0 Å². The van der Waals surface area contributed by atoms with Gasteiger partial charge in [0.25, 0.3) is 0 Å². The van der Waals surface area contributed by atoms with E-state index in [0.717, 1.165) is 6.54 Å². The van der Waals surface area contributed by atoms with Gasteiger partial charge in [0.1, 0.15) is 0 Å². The number of rotatable bonds is 4. The number of ether oxygens (including phenoxy) is 1. The van der Waals surface area contributed by atoms with Crippen LogP contribution < -0.4 is 5.32 Å². The van der Waals surface area contributed by atoms with Crippen LogP contribution in [0.15, 0.2) is 24.3 Å². The number of hydrogen-bond acceptors (Lipinski definition) is 4. The minimum absolute atomic E-state index is 0.281. The maximum Gasteiger partial charge on any atom is 0.337 e. The molecule has 1 fully saturated rings. The van der Waals surface area contributed by atoms with Crippen LogP contribution >= 0.6 is 11.8 Å². The first kappa shape index (κ1) is 12.5. The van der Waals surface area contributed by atoms with E-state index in [4.69, 9.17) is 0 Å². The van der Waals surface area contributed by atoms with E-state index in [1.165, 1.54) is 30.6 Å². The molecule has 4 heteroatoms. The first-order chi connectivity index (χ1) is 8.29. The number of methoxy groups -OCH3 is 1. The Morgan fingerprint density at radius 1 is 1.47 bits per heavy atom. The summed E-state index contributed by atoms with van der Waals surface area (Å²) < 4.78 is 4.66. The Morgan fingerprint density at radius 2 is 2.24 bits per heavy atom. The number of nitrogens with one attached hydrogen (secondary N) is 1. The van der Waals surface area contributed by atoms with Crippen LogP contribution in [0.3, 0.4) is 0 Å². The third kappa shape index (κ3) is 3.48.